The minimum Gasteiger partial charge on any atom is -0.872 e. The molecule has 0 spiro atoms. The van der Waals surface area contributed by atoms with E-state index in [1.807, 2.05) is 0 Å². The van der Waals surface area contributed by atoms with E-state index in [0.717, 1.165) is 19.3 Å². The summed E-state index contributed by atoms with van der Waals surface area (Å²) < 4.78 is 5.53. The number of hydrogen-bond acceptors (Lipinski definition) is 3. The predicted molar refractivity (Wildman–Crippen MR) is 71.9 cm³/mol. The van der Waals surface area contributed by atoms with Gasteiger partial charge in [0.05, 0.1) is 5.56 Å². The van der Waals surface area contributed by atoms with Gasteiger partial charge in [0.1, 0.15) is 6.10 Å². The fourth-order valence-corrected chi connectivity index (χ4v) is 3.20. The van der Waals surface area contributed by atoms with Crippen LogP contribution in [-0.4, -0.2) is 12.1 Å². The van der Waals surface area contributed by atoms with Gasteiger partial charge in [0.15, 0.2) is 0 Å². The first-order valence-electron chi connectivity index (χ1n) is 6.84. The van der Waals surface area contributed by atoms with Crippen LogP contribution in [0.4, 0.5) is 0 Å². The number of ether oxygens (including phenoxy) is 1. The maximum absolute atomic E-state index is 12.0. The van der Waals surface area contributed by atoms with Crippen molar-refractivity contribution < 1.29 is 44.2 Å². The van der Waals surface area contributed by atoms with Crippen molar-refractivity contribution in [1.29, 1.82) is 0 Å². The molecule has 3 nitrogen and oxygen atoms in total. The van der Waals surface area contributed by atoms with Crippen LogP contribution in [-0.2, 0) is 4.74 Å². The number of para-hydroxylation sites is 1. The normalized spacial score (nSPS) is 24.6. The topological polar surface area (TPSA) is 49.4 Å². The molecule has 0 bridgehead atoms. The molecule has 4 heteroatoms. The van der Waals surface area contributed by atoms with Gasteiger partial charge in [-0.3, -0.25) is 0 Å². The Morgan fingerprint density at radius 1 is 1.30 bits per heavy atom. The van der Waals surface area contributed by atoms with Gasteiger partial charge in [-0.05, 0) is 36.7 Å². The van der Waals surface area contributed by atoms with Gasteiger partial charge in [-0.25, -0.2) is 4.79 Å². The third-order valence-corrected chi connectivity index (χ3v) is 3.73. The molecule has 0 radical (unpaired) electrons. The van der Waals surface area contributed by atoms with Crippen LogP contribution >= 0.6 is 0 Å². The molecule has 2 atom stereocenters. The van der Waals surface area contributed by atoms with Crippen LogP contribution in [0.2, 0.25) is 0 Å². The first kappa shape index (κ1) is 17.5. The van der Waals surface area contributed by atoms with Crippen molar-refractivity contribution >= 4 is 5.97 Å². The van der Waals surface area contributed by atoms with E-state index < -0.39 is 5.97 Å². The second-order valence-electron chi connectivity index (χ2n) is 6.44. The number of rotatable bonds is 2. The van der Waals surface area contributed by atoms with Crippen LogP contribution in [0.3, 0.4) is 0 Å². The number of carbonyl (C=O) groups excluding carboxylic acids is 1. The van der Waals surface area contributed by atoms with Gasteiger partial charge in [-0.1, -0.05) is 44.7 Å². The molecule has 1 saturated carbocycles. The smallest absolute Gasteiger partial charge is 0.872 e. The van der Waals surface area contributed by atoms with Crippen LogP contribution < -0.4 is 34.7 Å². The molecule has 0 heterocycles. The van der Waals surface area contributed by atoms with Gasteiger partial charge in [0.25, 0.3) is 0 Å². The molecule has 0 aliphatic heterocycles. The summed E-state index contributed by atoms with van der Waals surface area (Å²) >= 11 is 0. The zero-order valence-corrected chi connectivity index (χ0v) is 14.8. The Kier molecular flexibility index (Phi) is 6.11. The van der Waals surface area contributed by atoms with Crippen molar-refractivity contribution in [3.63, 3.8) is 0 Å². The summed E-state index contributed by atoms with van der Waals surface area (Å²) in [5.74, 6) is -0.208. The van der Waals surface area contributed by atoms with Gasteiger partial charge >= 0.3 is 35.5 Å². The van der Waals surface area contributed by atoms with Crippen molar-refractivity contribution in [3.8, 4) is 5.75 Å². The van der Waals surface area contributed by atoms with Crippen LogP contribution in [0.1, 0.15) is 50.4 Å². The second kappa shape index (κ2) is 6.97. The van der Waals surface area contributed by atoms with Crippen LogP contribution in [0.15, 0.2) is 24.3 Å². The van der Waals surface area contributed by atoms with Crippen LogP contribution in [0.5, 0.6) is 5.75 Å². The molecule has 1 aromatic rings. The summed E-state index contributed by atoms with van der Waals surface area (Å²) in [4.78, 5) is 12.0. The van der Waals surface area contributed by atoms with E-state index in [-0.39, 0.29) is 52.4 Å². The maximum atomic E-state index is 12.0. The summed E-state index contributed by atoms with van der Waals surface area (Å²) in [5.41, 5.74) is 0.332. The zero-order chi connectivity index (χ0) is 14.0. The van der Waals surface area contributed by atoms with Crippen molar-refractivity contribution in [2.45, 2.75) is 46.1 Å². The fraction of sp³-hybridized carbons (Fsp3) is 0.562. The standard InChI is InChI=1S/C16H22O3.Na/c1-11-8-12(10-16(2,3)9-11)19-15(18)13-6-4-5-7-14(13)17;/h4-7,11-12,17H,8-10H2,1-3H3;/q;+1/p-1. The molecule has 20 heavy (non-hydrogen) atoms. The number of esters is 1. The number of benzene rings is 1. The van der Waals surface area contributed by atoms with Crippen molar-refractivity contribution in [2.24, 2.45) is 11.3 Å². The zero-order valence-electron chi connectivity index (χ0n) is 12.8. The molecule has 1 fully saturated rings. The minimum absolute atomic E-state index is 0. The SMILES string of the molecule is CC1CC(OC(=O)c2ccccc2[O-])CC(C)(C)C1.[Na+]. The van der Waals surface area contributed by atoms with E-state index in [9.17, 15) is 9.90 Å². The van der Waals surface area contributed by atoms with E-state index >= 15 is 0 Å². The molecule has 0 N–H and O–H groups in total. The Hall–Kier alpha value is -0.510. The average molecular weight is 284 g/mol. The molecular weight excluding hydrogens is 263 g/mol. The molecule has 0 saturated heterocycles. The molecule has 1 aromatic carbocycles. The van der Waals surface area contributed by atoms with E-state index in [0.29, 0.717) is 5.92 Å². The second-order valence-corrected chi connectivity index (χ2v) is 6.44. The van der Waals surface area contributed by atoms with E-state index in [1.54, 1.807) is 12.1 Å². The Morgan fingerprint density at radius 2 is 1.95 bits per heavy atom. The minimum atomic E-state index is -0.486. The Bertz CT molecular complexity index is 471. The quantitative estimate of drug-likeness (QED) is 0.573. The van der Waals surface area contributed by atoms with Crippen LogP contribution in [0.25, 0.3) is 0 Å². The van der Waals surface area contributed by atoms with Crippen molar-refractivity contribution in [1.82, 2.24) is 0 Å². The Labute approximate surface area is 143 Å². The monoisotopic (exact) mass is 284 g/mol. The Balaban J connectivity index is 0.00000200. The number of carbonyl (C=O) groups is 1. The predicted octanol–water partition coefficient (Wildman–Crippen LogP) is 0.136. The van der Waals surface area contributed by atoms with Crippen molar-refractivity contribution in [2.75, 3.05) is 0 Å². The fourth-order valence-electron chi connectivity index (χ4n) is 3.20. The molecule has 0 aromatic heterocycles. The van der Waals surface area contributed by atoms with Gasteiger partial charge in [-0.15, -0.1) is 0 Å². The third-order valence-electron chi connectivity index (χ3n) is 3.73. The first-order valence-corrected chi connectivity index (χ1v) is 6.84. The molecule has 0 amide bonds. The maximum Gasteiger partial charge on any atom is 1.00 e. The van der Waals surface area contributed by atoms with Gasteiger partial charge in [0.2, 0.25) is 0 Å². The van der Waals surface area contributed by atoms with Crippen molar-refractivity contribution in [3.05, 3.63) is 29.8 Å². The first-order chi connectivity index (χ1) is 8.87. The average Bonchev–Trinajstić information content (AvgIpc) is 2.26. The number of hydrogen-bond donors (Lipinski definition) is 0. The summed E-state index contributed by atoms with van der Waals surface area (Å²) in [5, 5.41) is 11.6. The molecular formula is C16H21NaO3. The van der Waals surface area contributed by atoms with E-state index in [1.165, 1.54) is 12.1 Å². The van der Waals surface area contributed by atoms with Gasteiger partial charge in [0, 0.05) is 0 Å². The van der Waals surface area contributed by atoms with E-state index in [2.05, 4.69) is 20.8 Å². The molecule has 2 unspecified atom stereocenters. The molecule has 104 valence electrons. The van der Waals surface area contributed by atoms with Crippen LogP contribution in [0, 0.1) is 11.3 Å². The summed E-state index contributed by atoms with van der Waals surface area (Å²) in [6.45, 7) is 6.58. The molecule has 2 rings (SSSR count). The summed E-state index contributed by atoms with van der Waals surface area (Å²) in [6.07, 6.45) is 2.82. The Morgan fingerprint density at radius 3 is 2.55 bits per heavy atom. The largest absolute Gasteiger partial charge is 1.00 e. The third kappa shape index (κ3) is 4.51. The summed E-state index contributed by atoms with van der Waals surface area (Å²) in [7, 11) is 0. The summed E-state index contributed by atoms with van der Waals surface area (Å²) in [6, 6.07) is 6.24. The van der Waals surface area contributed by atoms with Gasteiger partial charge in [-0.2, -0.15) is 0 Å². The molecule has 1 aliphatic rings. The van der Waals surface area contributed by atoms with E-state index in [4.69, 9.17) is 4.74 Å². The van der Waals surface area contributed by atoms with Gasteiger partial charge < -0.3 is 9.84 Å². The molecule has 1 aliphatic carbocycles.